The van der Waals surface area contributed by atoms with Crippen molar-refractivity contribution >= 4 is 23.8 Å². The van der Waals surface area contributed by atoms with Gasteiger partial charge in [0.15, 0.2) is 6.61 Å². The smallest absolute Gasteiger partial charge is 0.325 e. The first-order chi connectivity index (χ1) is 14.1. The largest absolute Gasteiger partial charge is 0.497 e. The van der Waals surface area contributed by atoms with Gasteiger partial charge in [0.2, 0.25) is 0 Å². The van der Waals surface area contributed by atoms with Crippen LogP contribution in [0.25, 0.3) is 0 Å². The second-order valence-electron chi connectivity index (χ2n) is 5.68. The van der Waals surface area contributed by atoms with Crippen LogP contribution >= 0.6 is 0 Å². The van der Waals surface area contributed by atoms with E-state index in [2.05, 4.69) is 25.9 Å². The van der Waals surface area contributed by atoms with Gasteiger partial charge in [0.1, 0.15) is 24.2 Å². The fourth-order valence-corrected chi connectivity index (χ4v) is 2.21. The molecule has 2 aromatic carbocycles. The van der Waals surface area contributed by atoms with Crippen LogP contribution in [-0.4, -0.2) is 46.7 Å². The summed E-state index contributed by atoms with van der Waals surface area (Å²) in [6.45, 7) is -0.306. The van der Waals surface area contributed by atoms with Crippen molar-refractivity contribution in [2.24, 2.45) is 5.10 Å². The van der Waals surface area contributed by atoms with Crippen molar-refractivity contribution in [2.45, 2.75) is 0 Å². The Morgan fingerprint density at radius 2 is 1.86 bits per heavy atom. The lowest BCUT2D eigenvalue weighted by Crippen LogP contribution is -2.37. The summed E-state index contributed by atoms with van der Waals surface area (Å²) in [6.07, 6.45) is 4.57. The molecule has 3 amide bonds. The molecule has 0 aliphatic heterocycles. The number of hydrogen-bond donors (Lipinski definition) is 2. The molecule has 3 rings (SSSR count). The molecule has 1 aromatic heterocycles. The maximum absolute atomic E-state index is 11.9. The minimum Gasteiger partial charge on any atom is -0.497 e. The average Bonchev–Trinajstić information content (AvgIpc) is 3.25. The van der Waals surface area contributed by atoms with E-state index in [9.17, 15) is 9.59 Å². The Bertz CT molecular complexity index is 986. The Hall–Kier alpha value is -4.21. The lowest BCUT2D eigenvalue weighted by Gasteiger charge is -2.09. The van der Waals surface area contributed by atoms with Crippen molar-refractivity contribution in [2.75, 3.05) is 19.0 Å². The molecule has 10 heteroatoms. The third kappa shape index (κ3) is 6.17. The lowest BCUT2D eigenvalue weighted by atomic mass is 10.2. The van der Waals surface area contributed by atoms with Gasteiger partial charge in [-0.15, -0.1) is 10.2 Å². The van der Waals surface area contributed by atoms with Gasteiger partial charge in [0, 0.05) is 11.8 Å². The van der Waals surface area contributed by atoms with Crippen LogP contribution in [0.3, 0.4) is 0 Å². The van der Waals surface area contributed by atoms with Crippen molar-refractivity contribution in [3.05, 3.63) is 66.7 Å². The normalized spacial score (nSPS) is 10.5. The molecule has 1 heterocycles. The number of carbonyl (C=O) groups excluding carboxylic acids is 2. The molecule has 148 valence electrons. The van der Waals surface area contributed by atoms with Gasteiger partial charge in [-0.2, -0.15) is 5.10 Å². The summed E-state index contributed by atoms with van der Waals surface area (Å²) in [7, 11) is 1.52. The molecule has 0 fully saturated rings. The van der Waals surface area contributed by atoms with Crippen LogP contribution in [0.15, 0.2) is 66.3 Å². The van der Waals surface area contributed by atoms with Gasteiger partial charge in [-0.05, 0) is 42.0 Å². The van der Waals surface area contributed by atoms with Crippen LogP contribution in [0.1, 0.15) is 5.56 Å². The molecule has 3 aromatic rings. The molecule has 0 unspecified atom stereocenters. The second-order valence-corrected chi connectivity index (χ2v) is 5.68. The number of amides is 3. The molecule has 0 aliphatic carbocycles. The molecule has 0 saturated heterocycles. The summed E-state index contributed by atoms with van der Waals surface area (Å²) < 4.78 is 11.9. The van der Waals surface area contributed by atoms with E-state index >= 15 is 0 Å². The predicted octanol–water partition coefficient (Wildman–Crippen LogP) is 1.90. The van der Waals surface area contributed by atoms with E-state index in [1.807, 2.05) is 0 Å². The summed E-state index contributed by atoms with van der Waals surface area (Å²) in [5, 5.41) is 16.2. The quantitative estimate of drug-likeness (QED) is 0.591. The Morgan fingerprint density at radius 3 is 2.59 bits per heavy atom. The first kappa shape index (κ1) is 19.5. The van der Waals surface area contributed by atoms with Gasteiger partial charge in [-0.25, -0.2) is 9.47 Å². The number of methoxy groups -OCH3 is 1. The minimum absolute atomic E-state index is 0.306. The zero-order valence-electron chi connectivity index (χ0n) is 15.5. The van der Waals surface area contributed by atoms with Crippen LogP contribution in [0.2, 0.25) is 0 Å². The molecule has 0 radical (unpaired) electrons. The zero-order chi connectivity index (χ0) is 20.5. The van der Waals surface area contributed by atoms with Crippen LogP contribution in [0.4, 0.5) is 10.5 Å². The third-order valence-electron chi connectivity index (χ3n) is 3.58. The summed E-state index contributed by atoms with van der Waals surface area (Å²) in [4.78, 5) is 23.8. The number of carbonyl (C=O) groups is 2. The van der Waals surface area contributed by atoms with Gasteiger partial charge in [0.25, 0.3) is 5.91 Å². The molecular weight excluding hydrogens is 376 g/mol. The SMILES string of the molecule is COc1cccc(NC(=O)NC(=O)COc2ccc(/C=N/n3cnnc3)cc2)c1. The molecule has 0 spiro atoms. The lowest BCUT2D eigenvalue weighted by molar-refractivity contribution is -0.121. The van der Waals surface area contributed by atoms with E-state index in [-0.39, 0.29) is 6.61 Å². The highest BCUT2D eigenvalue weighted by Crippen LogP contribution is 2.16. The second kappa shape index (κ2) is 9.65. The van der Waals surface area contributed by atoms with E-state index in [1.54, 1.807) is 54.7 Å². The topological polar surface area (TPSA) is 120 Å². The Morgan fingerprint density at radius 1 is 1.10 bits per heavy atom. The molecule has 2 N–H and O–H groups in total. The van der Waals surface area contributed by atoms with Crippen LogP contribution in [0, 0.1) is 0 Å². The first-order valence-corrected chi connectivity index (χ1v) is 8.49. The van der Waals surface area contributed by atoms with Crippen molar-refractivity contribution in [1.29, 1.82) is 0 Å². The zero-order valence-corrected chi connectivity index (χ0v) is 15.5. The van der Waals surface area contributed by atoms with E-state index in [4.69, 9.17) is 9.47 Å². The molecule has 29 heavy (non-hydrogen) atoms. The number of ether oxygens (including phenoxy) is 2. The van der Waals surface area contributed by atoms with Gasteiger partial charge in [-0.3, -0.25) is 10.1 Å². The summed E-state index contributed by atoms with van der Waals surface area (Å²) in [6, 6.07) is 13.1. The summed E-state index contributed by atoms with van der Waals surface area (Å²) >= 11 is 0. The number of urea groups is 1. The molecule has 0 saturated carbocycles. The molecule has 0 bridgehead atoms. The number of benzene rings is 2. The Balaban J connectivity index is 1.44. The number of aromatic nitrogens is 3. The Kier molecular flexibility index (Phi) is 6.50. The fraction of sp³-hybridized carbons (Fsp3) is 0.105. The number of rotatable bonds is 7. The minimum atomic E-state index is -0.660. The van der Waals surface area contributed by atoms with Gasteiger partial charge >= 0.3 is 6.03 Å². The standard InChI is InChI=1S/C19H18N6O4/c1-28-17-4-2-3-15(9-17)23-19(27)24-18(26)11-29-16-7-5-14(6-8-16)10-22-25-12-20-21-13-25/h2-10,12-13H,11H2,1H3,(H2,23,24,26,27)/b22-10+. The van der Waals surface area contributed by atoms with E-state index in [0.717, 1.165) is 5.56 Å². The van der Waals surface area contributed by atoms with E-state index < -0.39 is 11.9 Å². The monoisotopic (exact) mass is 394 g/mol. The molecular formula is C19H18N6O4. The maximum atomic E-state index is 11.9. The van der Waals surface area contributed by atoms with Crippen LogP contribution in [0.5, 0.6) is 11.5 Å². The molecule has 0 aliphatic rings. The van der Waals surface area contributed by atoms with Crippen LogP contribution in [-0.2, 0) is 4.79 Å². The highest BCUT2D eigenvalue weighted by molar-refractivity contribution is 6.01. The number of anilines is 1. The average molecular weight is 394 g/mol. The van der Waals surface area contributed by atoms with Crippen molar-refractivity contribution in [1.82, 2.24) is 20.2 Å². The van der Waals surface area contributed by atoms with Gasteiger partial charge in [-0.1, -0.05) is 6.07 Å². The van der Waals surface area contributed by atoms with Crippen LogP contribution < -0.4 is 20.1 Å². The number of hydrogen-bond acceptors (Lipinski definition) is 7. The number of nitrogens with one attached hydrogen (secondary N) is 2. The van der Waals surface area contributed by atoms with E-state index in [0.29, 0.717) is 17.2 Å². The molecule has 0 atom stereocenters. The van der Waals surface area contributed by atoms with Crippen molar-refractivity contribution < 1.29 is 19.1 Å². The highest BCUT2D eigenvalue weighted by Gasteiger charge is 2.09. The third-order valence-corrected chi connectivity index (χ3v) is 3.58. The van der Waals surface area contributed by atoms with Crippen molar-refractivity contribution in [3.8, 4) is 11.5 Å². The number of imide groups is 1. The maximum Gasteiger partial charge on any atom is 0.325 e. The predicted molar refractivity (Wildman–Crippen MR) is 105 cm³/mol. The first-order valence-electron chi connectivity index (χ1n) is 8.49. The number of nitrogens with zero attached hydrogens (tertiary/aromatic N) is 4. The van der Waals surface area contributed by atoms with Gasteiger partial charge < -0.3 is 14.8 Å². The molecule has 10 nitrogen and oxygen atoms in total. The fourth-order valence-electron chi connectivity index (χ4n) is 2.21. The summed E-state index contributed by atoms with van der Waals surface area (Å²) in [5.74, 6) is 0.492. The van der Waals surface area contributed by atoms with Gasteiger partial charge in [0.05, 0.1) is 13.3 Å². The van der Waals surface area contributed by atoms with E-state index in [1.165, 1.54) is 24.4 Å². The summed E-state index contributed by atoms with van der Waals surface area (Å²) in [5.41, 5.74) is 1.33. The highest BCUT2D eigenvalue weighted by atomic mass is 16.5. The Labute approximate surface area is 166 Å². The van der Waals surface area contributed by atoms with Crippen molar-refractivity contribution in [3.63, 3.8) is 0 Å².